The van der Waals surface area contributed by atoms with Crippen LogP contribution in [0.1, 0.15) is 263 Å². The highest BCUT2D eigenvalue weighted by atomic mass is 35.5. The number of ketones is 8. The molecular weight excluding hydrogens is 1550 g/mol. The molecule has 0 aliphatic rings. The number of nitro benzene ring substituents is 1. The zero-order valence-corrected chi connectivity index (χ0v) is 74.1. The lowest BCUT2D eigenvalue weighted by molar-refractivity contribution is -0.385. The molecule has 0 radical (unpaired) electrons. The van der Waals surface area contributed by atoms with E-state index in [1.807, 2.05) is 210 Å². The Bertz CT molecular complexity index is 4980. The number of nitriles is 1. The molecule has 123 heavy (non-hydrogen) atoms. The van der Waals surface area contributed by atoms with Gasteiger partial charge in [-0.3, -0.25) is 48.5 Å². The Morgan fingerprint density at radius 2 is 0.618 bits per heavy atom. The van der Waals surface area contributed by atoms with Gasteiger partial charge < -0.3 is 4.74 Å². The van der Waals surface area contributed by atoms with E-state index in [-0.39, 0.29) is 111 Å². The highest BCUT2D eigenvalue weighted by molar-refractivity contribution is 6.34. The zero-order valence-electron chi connectivity index (χ0n) is 73.4. The molecule has 636 valence electrons. The quantitative estimate of drug-likeness (QED) is 0.0159. The lowest BCUT2D eigenvalue weighted by Gasteiger charge is -2.09. The molecule has 0 spiro atoms. The van der Waals surface area contributed by atoms with E-state index in [1.165, 1.54) is 12.1 Å². The molecule has 0 N–H and O–H groups in total. The van der Waals surface area contributed by atoms with Crippen LogP contribution in [-0.2, 0) is 0 Å². The third kappa shape index (κ3) is 45.0. The maximum Gasteiger partial charge on any atom is 0.280 e. The van der Waals surface area contributed by atoms with Gasteiger partial charge in [0.25, 0.3) is 5.69 Å². The molecule has 8 aromatic carbocycles. The average Bonchev–Trinajstić information content (AvgIpc) is 0.850. The molecule has 0 amide bonds. The van der Waals surface area contributed by atoms with Crippen molar-refractivity contribution in [3.05, 3.63) is 282 Å². The summed E-state index contributed by atoms with van der Waals surface area (Å²) in [6.45, 7) is 21.7. The Kier molecular flexibility index (Phi) is 54.8. The van der Waals surface area contributed by atoms with E-state index in [1.54, 1.807) is 67.8 Å². The first-order valence-corrected chi connectivity index (χ1v) is 41.2. The van der Waals surface area contributed by atoms with Crippen molar-refractivity contribution in [3.8, 4) is 111 Å². The second-order valence-electron chi connectivity index (χ2n) is 30.7. The molecule has 0 aromatic heterocycles. The summed E-state index contributed by atoms with van der Waals surface area (Å²) in [6.07, 6.45) is 50.2. The van der Waals surface area contributed by atoms with Crippen molar-refractivity contribution in [1.29, 1.82) is 5.26 Å². The van der Waals surface area contributed by atoms with E-state index in [2.05, 4.69) is 47.4 Å². The van der Waals surface area contributed by atoms with Crippen LogP contribution in [0.5, 0.6) is 5.75 Å². The predicted octanol–water partition coefficient (Wildman–Crippen LogP) is 24.7. The van der Waals surface area contributed by atoms with Crippen LogP contribution in [0.2, 0.25) is 5.02 Å². The van der Waals surface area contributed by atoms with Crippen LogP contribution in [0.4, 0.5) is 5.69 Å². The van der Waals surface area contributed by atoms with Gasteiger partial charge in [-0.15, -0.1) is 98.8 Å². The number of aryl methyl sites for hydroxylation is 3. The smallest absolute Gasteiger partial charge is 0.280 e. The largest absolute Gasteiger partial charge is 0.496 e. The Labute approximate surface area is 738 Å². The number of ether oxygens (including phenoxy) is 1. The maximum absolute atomic E-state index is 12.0. The zero-order chi connectivity index (χ0) is 92.2. The van der Waals surface area contributed by atoms with Crippen molar-refractivity contribution >= 4 is 63.6 Å². The normalized spacial score (nSPS) is 11.6. The number of Topliss-reactive ketones (excluding diaryl/α,β-unsaturated/α-hetero) is 8. The lowest BCUT2D eigenvalue weighted by Crippen LogP contribution is -2.08. The second kappa shape index (κ2) is 62.7. The number of rotatable bonds is 34. The van der Waals surface area contributed by atoms with Crippen LogP contribution in [-0.4, -0.2) is 58.3 Å². The lowest BCUT2D eigenvalue weighted by atomic mass is 9.95. The number of terminal acetylenes is 8. The van der Waals surface area contributed by atoms with Gasteiger partial charge in [-0.2, -0.15) is 5.26 Å². The van der Waals surface area contributed by atoms with E-state index in [9.17, 15) is 48.5 Å². The first-order chi connectivity index (χ1) is 58.7. The molecule has 8 atom stereocenters. The third-order valence-corrected chi connectivity index (χ3v) is 18.9. The van der Waals surface area contributed by atoms with Gasteiger partial charge in [0.1, 0.15) is 5.75 Å². The molecule has 0 aliphatic carbocycles. The summed E-state index contributed by atoms with van der Waals surface area (Å²) < 4.78 is 5.15. The molecule has 0 saturated heterocycles. The van der Waals surface area contributed by atoms with Crippen LogP contribution < -0.4 is 4.74 Å². The fourth-order valence-corrected chi connectivity index (χ4v) is 12.3. The van der Waals surface area contributed by atoms with Crippen molar-refractivity contribution in [3.63, 3.8) is 0 Å². The second-order valence-corrected chi connectivity index (χ2v) is 31.1. The molecule has 0 saturated carbocycles. The standard InChI is InChI=1S/C14H13NO.C14H16O2.3C14H16O.C13H13ClO.C13H13NO3.C13H14O/c1-3-6-11(2)9-14(16)13-8-5-4-7-12(13)10-15;1-4-7-11(2)10-13(15)12-8-5-6-9-14(12)16-3;1-4-7-11(2)10-14(15)13-9-6-5-8-12(13)3;2*1-4-6-11(2)10-14(15)13-8-5-7-12(3)9-13;1-3-6-10(2)9-13(15)11-7-4-5-8-12(11)14;1-3-6-10(2)9-13(15)11-7-4-5-8-12(11)14(16)17;1-3-7-11(2)10-13(14)12-8-5-4-6-9-12/h1,4-5,7-8,11H,6,9H2,2H3;1,5-6,8-9,11H,7,10H2,2-3H3;1,5-6,8-9,11H,7,10H2,2-3H3;2*1,5,7-9,11H,6,10H2,2-3H3;1,4-5,7-8,10H,6,9H2,2H3;1,4-5,7-8,10H,6,9H2,2H3;1,4-6,8-9,11H,7,10H2,2H3. The van der Waals surface area contributed by atoms with Gasteiger partial charge in [0, 0.05) is 142 Å². The molecule has 0 heterocycles. The molecule has 8 aromatic rings. The first-order valence-electron chi connectivity index (χ1n) is 40.8. The van der Waals surface area contributed by atoms with Gasteiger partial charge in [-0.1, -0.05) is 224 Å². The molecular formula is C109H117ClN2O11. The van der Waals surface area contributed by atoms with Gasteiger partial charge in [0.15, 0.2) is 46.3 Å². The monoisotopic (exact) mass is 1660 g/mol. The fourth-order valence-electron chi connectivity index (χ4n) is 12.0. The summed E-state index contributed by atoms with van der Waals surface area (Å²) in [7, 11) is 1.57. The van der Waals surface area contributed by atoms with E-state index in [0.717, 1.165) is 38.9 Å². The molecule has 13 nitrogen and oxygen atoms in total. The van der Waals surface area contributed by atoms with E-state index >= 15 is 0 Å². The number of carbonyl (C=O) groups excluding carboxylic acids is 8. The minimum absolute atomic E-state index is 0.0140. The minimum atomic E-state index is -0.543. The van der Waals surface area contributed by atoms with Gasteiger partial charge in [-0.05, 0) is 122 Å². The maximum atomic E-state index is 12.0. The predicted molar refractivity (Wildman–Crippen MR) is 501 cm³/mol. The number of nitrogens with zero attached hydrogens (tertiary/aromatic N) is 2. The Balaban J connectivity index is 0.000000703. The highest BCUT2D eigenvalue weighted by Gasteiger charge is 2.22. The molecule has 14 heteroatoms. The number of hydrogen-bond acceptors (Lipinski definition) is 12. The van der Waals surface area contributed by atoms with Crippen LogP contribution in [0.3, 0.4) is 0 Å². The fraction of sp³-hybridized carbons (Fsp3) is 0.330. The number of para-hydroxylation sites is 2. The third-order valence-electron chi connectivity index (χ3n) is 18.6. The average molecular weight is 1670 g/mol. The molecule has 8 rings (SSSR count). The van der Waals surface area contributed by atoms with Crippen LogP contribution in [0.25, 0.3) is 0 Å². The number of halogens is 1. The summed E-state index contributed by atoms with van der Waals surface area (Å²) in [5.74, 6) is 23.4. The number of hydrogen-bond donors (Lipinski definition) is 0. The summed E-state index contributed by atoms with van der Waals surface area (Å²) >= 11 is 5.92. The molecule has 8 unspecified atom stereocenters. The summed E-state index contributed by atoms with van der Waals surface area (Å²) in [4.78, 5) is 105. The van der Waals surface area contributed by atoms with Crippen molar-refractivity contribution < 1.29 is 48.0 Å². The molecule has 0 bridgehead atoms. The number of benzene rings is 8. The van der Waals surface area contributed by atoms with Gasteiger partial charge in [0.2, 0.25) is 0 Å². The van der Waals surface area contributed by atoms with Crippen LogP contribution >= 0.6 is 11.6 Å². The Morgan fingerprint density at radius 3 is 0.976 bits per heavy atom. The molecule has 0 aliphatic heterocycles. The minimum Gasteiger partial charge on any atom is -0.496 e. The topological polar surface area (TPSA) is 213 Å². The van der Waals surface area contributed by atoms with Gasteiger partial charge in [-0.25, -0.2) is 0 Å². The van der Waals surface area contributed by atoms with Crippen molar-refractivity contribution in [2.75, 3.05) is 7.11 Å². The van der Waals surface area contributed by atoms with E-state index in [0.29, 0.717) is 129 Å². The summed E-state index contributed by atoms with van der Waals surface area (Å²) in [5.41, 5.74) is 8.60. The number of carbonyl (C=O) groups is 8. The van der Waals surface area contributed by atoms with E-state index < -0.39 is 4.92 Å². The number of methoxy groups -OCH3 is 1. The SMILES string of the molecule is C#CCC(C)CC(=O)c1cccc(C)c1.C#CCC(C)CC(=O)c1cccc(C)c1.C#CCC(C)CC(=O)c1ccccc1.C#CCC(C)CC(=O)c1ccccc1C.C#CCC(C)CC(=O)c1ccccc1C#N.C#CCC(C)CC(=O)c1ccccc1Cl.C#CCC(C)CC(=O)c1ccccc1OC.C#CCC(C)CC(=O)c1ccccc1[N+](=O)[O-]. The first kappa shape index (κ1) is 108. The van der Waals surface area contributed by atoms with E-state index in [4.69, 9.17) is 73.0 Å². The van der Waals surface area contributed by atoms with Crippen molar-refractivity contribution in [2.24, 2.45) is 47.3 Å². The summed E-state index contributed by atoms with van der Waals surface area (Å²) in [5, 5.41) is 20.1. The van der Waals surface area contributed by atoms with Crippen LogP contribution in [0, 0.1) is 188 Å². The van der Waals surface area contributed by atoms with Crippen molar-refractivity contribution in [2.45, 2.75) is 179 Å². The van der Waals surface area contributed by atoms with Gasteiger partial charge >= 0.3 is 0 Å². The van der Waals surface area contributed by atoms with Gasteiger partial charge in [0.05, 0.1) is 39.8 Å². The Hall–Kier alpha value is -13.4. The van der Waals surface area contributed by atoms with Crippen molar-refractivity contribution in [1.82, 2.24) is 0 Å². The van der Waals surface area contributed by atoms with Crippen LogP contribution in [0.15, 0.2) is 200 Å². The summed E-state index contributed by atoms with van der Waals surface area (Å²) in [6, 6.07) is 61.5. The Morgan fingerprint density at radius 1 is 0.341 bits per heavy atom. The number of nitro groups is 1. The highest BCUT2D eigenvalue weighted by Crippen LogP contribution is 2.26. The molecule has 0 fully saturated rings.